The number of hydrogen-bond acceptors (Lipinski definition) is 5. The summed E-state index contributed by atoms with van der Waals surface area (Å²) in [5, 5.41) is 13.2. The molecule has 2 aromatic carbocycles. The van der Waals surface area contributed by atoms with E-state index >= 15 is 0 Å². The number of carbonyl (C=O) groups is 2. The number of allylic oxidation sites excluding steroid dienone is 1. The lowest BCUT2D eigenvalue weighted by molar-refractivity contribution is -0.141. The van der Waals surface area contributed by atoms with E-state index in [0.29, 0.717) is 15.6 Å². The van der Waals surface area contributed by atoms with Crippen LogP contribution in [0.3, 0.4) is 0 Å². The molecule has 1 aliphatic rings. The second kappa shape index (κ2) is 9.45. The number of amides is 1. The van der Waals surface area contributed by atoms with Crippen molar-refractivity contribution in [3.63, 3.8) is 0 Å². The third-order valence-corrected chi connectivity index (χ3v) is 5.55. The fourth-order valence-corrected chi connectivity index (χ4v) is 4.01. The second-order valence-corrected chi connectivity index (χ2v) is 7.51. The molecule has 0 aromatic heterocycles. The van der Waals surface area contributed by atoms with Crippen molar-refractivity contribution in [2.45, 2.75) is 18.9 Å². The molecule has 28 heavy (non-hydrogen) atoms. The summed E-state index contributed by atoms with van der Waals surface area (Å²) in [5.74, 6) is -1.09. The van der Waals surface area contributed by atoms with E-state index in [4.69, 9.17) is 16.3 Å². The van der Waals surface area contributed by atoms with E-state index in [1.807, 2.05) is 36.4 Å². The quantitative estimate of drug-likeness (QED) is 0.721. The fraction of sp³-hybridized carbons (Fsp3) is 0.190. The lowest BCUT2D eigenvalue weighted by Crippen LogP contribution is -2.31. The Kier molecular flexibility index (Phi) is 6.75. The number of benzene rings is 2. The van der Waals surface area contributed by atoms with Crippen LogP contribution in [0.25, 0.3) is 0 Å². The molecule has 1 amide bonds. The van der Waals surface area contributed by atoms with Gasteiger partial charge in [-0.2, -0.15) is 5.26 Å². The van der Waals surface area contributed by atoms with E-state index in [-0.39, 0.29) is 24.7 Å². The number of thioether (sulfide) groups is 1. The van der Waals surface area contributed by atoms with E-state index in [1.54, 1.807) is 18.2 Å². The highest BCUT2D eigenvalue weighted by Crippen LogP contribution is 2.38. The van der Waals surface area contributed by atoms with Gasteiger partial charge in [-0.05, 0) is 17.2 Å². The largest absolute Gasteiger partial charge is 0.460 e. The topological polar surface area (TPSA) is 79.2 Å². The predicted octanol–water partition coefficient (Wildman–Crippen LogP) is 4.16. The van der Waals surface area contributed by atoms with Crippen LogP contribution in [-0.4, -0.2) is 17.6 Å². The van der Waals surface area contributed by atoms with E-state index in [1.165, 1.54) is 0 Å². The zero-order valence-corrected chi connectivity index (χ0v) is 16.4. The highest BCUT2D eigenvalue weighted by atomic mass is 35.5. The van der Waals surface area contributed by atoms with Gasteiger partial charge < -0.3 is 10.1 Å². The Morgan fingerprint density at radius 2 is 1.93 bits per heavy atom. The molecular formula is C21H17ClN2O3S. The highest BCUT2D eigenvalue weighted by molar-refractivity contribution is 8.03. The summed E-state index contributed by atoms with van der Waals surface area (Å²) in [5.41, 5.74) is 2.01. The molecule has 0 unspecified atom stereocenters. The SMILES string of the molecule is N#CC1=C(SCC(=O)OCc2ccccc2)NC(=O)C[C@@H]1c1ccccc1Cl. The lowest BCUT2D eigenvalue weighted by Gasteiger charge is -2.25. The molecule has 0 aliphatic carbocycles. The minimum atomic E-state index is -0.435. The van der Waals surface area contributed by atoms with Gasteiger partial charge in [0.25, 0.3) is 0 Å². The molecule has 1 N–H and O–H groups in total. The molecule has 2 aromatic rings. The third kappa shape index (κ3) is 4.94. The van der Waals surface area contributed by atoms with Crippen molar-refractivity contribution in [1.29, 1.82) is 5.26 Å². The van der Waals surface area contributed by atoms with Crippen molar-refractivity contribution in [3.05, 3.63) is 81.3 Å². The van der Waals surface area contributed by atoms with Crippen molar-refractivity contribution in [3.8, 4) is 6.07 Å². The molecule has 0 spiro atoms. The molecule has 1 heterocycles. The van der Waals surface area contributed by atoms with Crippen LogP contribution in [-0.2, 0) is 20.9 Å². The number of nitrogens with one attached hydrogen (secondary N) is 1. The molecule has 5 nitrogen and oxygen atoms in total. The second-order valence-electron chi connectivity index (χ2n) is 6.12. The predicted molar refractivity (Wildman–Crippen MR) is 108 cm³/mol. The van der Waals surface area contributed by atoms with Gasteiger partial charge in [0.15, 0.2) is 0 Å². The normalized spacial score (nSPS) is 16.3. The molecule has 0 bridgehead atoms. The van der Waals surface area contributed by atoms with Crippen molar-refractivity contribution >= 4 is 35.2 Å². The van der Waals surface area contributed by atoms with Gasteiger partial charge in [-0.15, -0.1) is 0 Å². The first-order valence-corrected chi connectivity index (χ1v) is 9.95. The van der Waals surface area contributed by atoms with Crippen LogP contribution in [0.15, 0.2) is 65.2 Å². The first kappa shape index (κ1) is 20.0. The van der Waals surface area contributed by atoms with Crippen molar-refractivity contribution in [1.82, 2.24) is 5.32 Å². The number of rotatable bonds is 6. The van der Waals surface area contributed by atoms with Gasteiger partial charge in [0, 0.05) is 17.4 Å². The Hall–Kier alpha value is -2.75. The summed E-state index contributed by atoms with van der Waals surface area (Å²) in [7, 11) is 0. The van der Waals surface area contributed by atoms with Gasteiger partial charge in [-0.25, -0.2) is 0 Å². The zero-order chi connectivity index (χ0) is 19.9. The van der Waals surface area contributed by atoms with Gasteiger partial charge in [0.2, 0.25) is 5.91 Å². The zero-order valence-electron chi connectivity index (χ0n) is 14.9. The number of esters is 1. The van der Waals surface area contributed by atoms with Crippen molar-refractivity contribution < 1.29 is 14.3 Å². The number of halogens is 1. The molecule has 7 heteroatoms. The van der Waals surface area contributed by atoms with Crippen LogP contribution in [0.1, 0.15) is 23.5 Å². The first-order chi connectivity index (χ1) is 13.6. The summed E-state index contributed by atoms with van der Waals surface area (Å²) >= 11 is 7.35. The van der Waals surface area contributed by atoms with Gasteiger partial charge in [0.1, 0.15) is 6.61 Å². The Morgan fingerprint density at radius 3 is 2.64 bits per heavy atom. The molecule has 0 saturated heterocycles. The van der Waals surface area contributed by atoms with Crippen molar-refractivity contribution in [2.24, 2.45) is 0 Å². The standard InChI is InChI=1S/C21H17ClN2O3S/c22-18-9-5-4-8-15(18)16-10-19(25)24-21(17(16)11-23)28-13-20(26)27-12-14-6-2-1-3-7-14/h1-9,16H,10,12-13H2,(H,24,25)/t16-/m1/s1. The minimum absolute atomic E-state index is 0.0110. The maximum absolute atomic E-state index is 12.2. The van der Waals surface area contributed by atoms with Crippen LogP contribution >= 0.6 is 23.4 Å². The highest BCUT2D eigenvalue weighted by Gasteiger charge is 2.31. The summed E-state index contributed by atoms with van der Waals surface area (Å²) in [6.07, 6.45) is 0.134. The number of nitrogens with zero attached hydrogens (tertiary/aromatic N) is 1. The monoisotopic (exact) mass is 412 g/mol. The average Bonchev–Trinajstić information content (AvgIpc) is 2.71. The summed E-state index contributed by atoms with van der Waals surface area (Å²) in [4.78, 5) is 24.2. The van der Waals surface area contributed by atoms with Crippen LogP contribution in [0, 0.1) is 11.3 Å². The van der Waals surface area contributed by atoms with E-state index in [2.05, 4.69) is 11.4 Å². The number of ether oxygens (including phenoxy) is 1. The number of nitriles is 1. The first-order valence-electron chi connectivity index (χ1n) is 8.59. The Bertz CT molecular complexity index is 954. The third-order valence-electron chi connectivity index (χ3n) is 4.21. The van der Waals surface area contributed by atoms with Gasteiger partial charge in [0.05, 0.1) is 22.4 Å². The van der Waals surface area contributed by atoms with Crippen LogP contribution in [0.2, 0.25) is 5.02 Å². The van der Waals surface area contributed by atoms with Crippen LogP contribution in [0.5, 0.6) is 0 Å². The molecule has 0 saturated carbocycles. The molecule has 142 valence electrons. The minimum Gasteiger partial charge on any atom is -0.460 e. The molecular weight excluding hydrogens is 396 g/mol. The van der Waals surface area contributed by atoms with Crippen LogP contribution < -0.4 is 5.32 Å². The van der Waals surface area contributed by atoms with Gasteiger partial charge >= 0.3 is 5.97 Å². The van der Waals surface area contributed by atoms with E-state index in [9.17, 15) is 14.9 Å². The van der Waals surface area contributed by atoms with Gasteiger partial charge in [-0.1, -0.05) is 71.9 Å². The molecule has 0 fully saturated rings. The summed E-state index contributed by atoms with van der Waals surface area (Å²) in [6, 6.07) is 18.7. The van der Waals surface area contributed by atoms with E-state index < -0.39 is 11.9 Å². The Balaban J connectivity index is 1.70. The Morgan fingerprint density at radius 1 is 1.21 bits per heavy atom. The Labute approximate surface area is 172 Å². The number of carbonyl (C=O) groups excluding carboxylic acids is 2. The molecule has 0 radical (unpaired) electrons. The summed E-state index contributed by atoms with van der Waals surface area (Å²) in [6.45, 7) is 0.180. The molecule has 3 rings (SSSR count). The fourth-order valence-electron chi connectivity index (χ4n) is 2.87. The molecule has 1 aliphatic heterocycles. The van der Waals surface area contributed by atoms with E-state index in [0.717, 1.165) is 22.9 Å². The maximum Gasteiger partial charge on any atom is 0.316 e. The molecule has 1 atom stereocenters. The van der Waals surface area contributed by atoms with Crippen LogP contribution in [0.4, 0.5) is 0 Å². The number of hydrogen-bond donors (Lipinski definition) is 1. The van der Waals surface area contributed by atoms with Crippen molar-refractivity contribution in [2.75, 3.05) is 5.75 Å². The smallest absolute Gasteiger partial charge is 0.316 e. The summed E-state index contributed by atoms with van der Waals surface area (Å²) < 4.78 is 5.25. The average molecular weight is 413 g/mol. The maximum atomic E-state index is 12.2. The lowest BCUT2D eigenvalue weighted by atomic mass is 9.87. The van der Waals surface area contributed by atoms with Gasteiger partial charge in [-0.3, -0.25) is 9.59 Å².